The van der Waals surface area contributed by atoms with Crippen molar-refractivity contribution in [2.45, 2.75) is 20.5 Å². The number of carbonyl (C=O) groups is 1. The van der Waals surface area contributed by atoms with Crippen LogP contribution in [0.1, 0.15) is 29.2 Å². The van der Waals surface area contributed by atoms with Gasteiger partial charge >= 0.3 is 0 Å². The van der Waals surface area contributed by atoms with Gasteiger partial charge in [0.1, 0.15) is 17.5 Å². The van der Waals surface area contributed by atoms with Gasteiger partial charge in [-0.2, -0.15) is 15.1 Å². The van der Waals surface area contributed by atoms with Gasteiger partial charge in [0.05, 0.1) is 12.2 Å². The van der Waals surface area contributed by atoms with Crippen LogP contribution < -0.4 is 9.47 Å². The van der Waals surface area contributed by atoms with Gasteiger partial charge in [0.25, 0.3) is 5.91 Å². The van der Waals surface area contributed by atoms with E-state index < -0.39 is 5.91 Å². The van der Waals surface area contributed by atoms with E-state index in [0.717, 1.165) is 11.1 Å². The van der Waals surface area contributed by atoms with Crippen molar-refractivity contribution in [1.29, 1.82) is 5.41 Å². The van der Waals surface area contributed by atoms with E-state index in [1.54, 1.807) is 42.5 Å². The summed E-state index contributed by atoms with van der Waals surface area (Å²) < 4.78 is 25.5. The van der Waals surface area contributed by atoms with Crippen molar-refractivity contribution < 1.29 is 18.7 Å². The Morgan fingerprint density at radius 1 is 1.05 bits per heavy atom. The van der Waals surface area contributed by atoms with Crippen molar-refractivity contribution in [3.63, 3.8) is 0 Å². The first kappa shape index (κ1) is 24.5. The maximum atomic E-state index is 14.0. The first-order chi connectivity index (χ1) is 17.9. The molecule has 0 fully saturated rings. The standard InChI is InChI=1S/C28H23FN4O3S/c1-3-35-24-15-18(10-13-23(24)36-16-20-6-4-5-7-22(20)29)14-21-25(30)33-28(31-26(21)34)37-27(32-33)19-11-8-17(2)9-12-19/h4-15,30H,3,16H2,1-2H3/b21-14-,30-25?. The number of hydrazone groups is 1. The largest absolute Gasteiger partial charge is 0.490 e. The van der Waals surface area contributed by atoms with Crippen molar-refractivity contribution in [3.8, 4) is 11.5 Å². The van der Waals surface area contributed by atoms with Crippen LogP contribution >= 0.6 is 11.8 Å². The summed E-state index contributed by atoms with van der Waals surface area (Å²) in [7, 11) is 0. The Kier molecular flexibility index (Phi) is 6.87. The Labute approximate surface area is 217 Å². The monoisotopic (exact) mass is 514 g/mol. The molecule has 1 amide bonds. The molecule has 0 saturated carbocycles. The molecular formula is C28H23FN4O3S. The van der Waals surface area contributed by atoms with Crippen molar-refractivity contribution in [2.75, 3.05) is 6.61 Å². The average Bonchev–Trinajstić information content (AvgIpc) is 3.31. The van der Waals surface area contributed by atoms with Gasteiger partial charge in [-0.1, -0.05) is 54.1 Å². The van der Waals surface area contributed by atoms with Crippen LogP contribution in [-0.2, 0) is 11.4 Å². The zero-order valence-electron chi connectivity index (χ0n) is 20.2. The van der Waals surface area contributed by atoms with Gasteiger partial charge < -0.3 is 9.47 Å². The Morgan fingerprint density at radius 3 is 2.59 bits per heavy atom. The van der Waals surface area contributed by atoms with Crippen LogP contribution in [0.15, 0.2) is 82.4 Å². The molecule has 9 heteroatoms. The number of hydrogen-bond donors (Lipinski definition) is 1. The molecule has 37 heavy (non-hydrogen) atoms. The van der Waals surface area contributed by atoms with Gasteiger partial charge in [0, 0.05) is 11.1 Å². The zero-order chi connectivity index (χ0) is 25.9. The van der Waals surface area contributed by atoms with Crippen LogP contribution in [0.5, 0.6) is 11.5 Å². The summed E-state index contributed by atoms with van der Waals surface area (Å²) in [6.45, 7) is 4.28. The minimum atomic E-state index is -0.512. The number of aryl methyl sites for hydroxylation is 1. The van der Waals surface area contributed by atoms with Gasteiger partial charge in [-0.15, -0.1) is 0 Å². The Morgan fingerprint density at radius 2 is 1.84 bits per heavy atom. The fraction of sp³-hybridized carbons (Fsp3) is 0.143. The highest BCUT2D eigenvalue weighted by Crippen LogP contribution is 2.33. The maximum absolute atomic E-state index is 14.0. The topological polar surface area (TPSA) is 87.3 Å². The Bertz CT molecular complexity index is 1480. The lowest BCUT2D eigenvalue weighted by Gasteiger charge is -2.20. The molecule has 0 unspecified atom stereocenters. The third-order valence-corrected chi connectivity index (χ3v) is 6.63. The zero-order valence-corrected chi connectivity index (χ0v) is 21.0. The molecule has 1 N–H and O–H groups in total. The van der Waals surface area contributed by atoms with Crippen LogP contribution in [0, 0.1) is 18.2 Å². The van der Waals surface area contributed by atoms with E-state index in [4.69, 9.17) is 14.9 Å². The predicted octanol–water partition coefficient (Wildman–Crippen LogP) is 5.78. The Balaban J connectivity index is 1.39. The normalized spacial score (nSPS) is 16.0. The van der Waals surface area contributed by atoms with E-state index in [1.165, 1.54) is 22.8 Å². The van der Waals surface area contributed by atoms with Gasteiger partial charge in [0.2, 0.25) is 5.17 Å². The number of ether oxygens (including phenoxy) is 2. The van der Waals surface area contributed by atoms with E-state index in [0.29, 0.717) is 39.4 Å². The number of carbonyl (C=O) groups excluding carboxylic acids is 1. The second kappa shape index (κ2) is 10.4. The molecule has 3 aromatic rings. The lowest BCUT2D eigenvalue weighted by Crippen LogP contribution is -2.35. The number of fused-ring (bicyclic) bond motifs is 1. The highest BCUT2D eigenvalue weighted by Gasteiger charge is 2.36. The number of nitrogens with zero attached hydrogens (tertiary/aromatic N) is 3. The fourth-order valence-electron chi connectivity index (χ4n) is 3.74. The maximum Gasteiger partial charge on any atom is 0.283 e. The number of aliphatic imine (C=N–C) groups is 1. The van der Waals surface area contributed by atoms with E-state index in [9.17, 15) is 9.18 Å². The molecule has 7 nitrogen and oxygen atoms in total. The molecule has 2 aliphatic rings. The number of hydrogen-bond acceptors (Lipinski definition) is 6. The highest BCUT2D eigenvalue weighted by atomic mass is 32.2. The third-order valence-electron chi connectivity index (χ3n) is 5.67. The molecule has 0 radical (unpaired) electrons. The molecule has 0 aromatic heterocycles. The van der Waals surface area contributed by atoms with E-state index in [2.05, 4.69) is 10.1 Å². The number of thioether (sulfide) groups is 1. The predicted molar refractivity (Wildman–Crippen MR) is 144 cm³/mol. The third kappa shape index (κ3) is 5.17. The van der Waals surface area contributed by atoms with Gasteiger partial charge in [0.15, 0.2) is 17.3 Å². The number of nitrogens with one attached hydrogen (secondary N) is 1. The summed E-state index contributed by atoms with van der Waals surface area (Å²) in [5.41, 5.74) is 3.19. The number of halogens is 1. The smallest absolute Gasteiger partial charge is 0.283 e. The average molecular weight is 515 g/mol. The molecule has 0 saturated heterocycles. The van der Waals surface area contributed by atoms with Crippen LogP contribution in [0.4, 0.5) is 4.39 Å². The molecule has 2 aliphatic heterocycles. The lowest BCUT2D eigenvalue weighted by atomic mass is 10.1. The fourth-order valence-corrected chi connectivity index (χ4v) is 4.64. The van der Waals surface area contributed by atoms with Crippen molar-refractivity contribution in [1.82, 2.24) is 5.01 Å². The van der Waals surface area contributed by atoms with E-state index in [-0.39, 0.29) is 23.8 Å². The molecule has 5 rings (SSSR count). The molecular weight excluding hydrogens is 491 g/mol. The van der Waals surface area contributed by atoms with E-state index in [1.807, 2.05) is 38.1 Å². The Hall–Kier alpha value is -4.24. The SMILES string of the molecule is CCOc1cc(/C=C2/C(=N)N3N=C(c4ccc(C)cc4)SC3=NC2=O)ccc1OCc1ccccc1F. The van der Waals surface area contributed by atoms with E-state index >= 15 is 0 Å². The summed E-state index contributed by atoms with van der Waals surface area (Å²) in [6, 6.07) is 19.4. The molecule has 0 aliphatic carbocycles. The number of amides is 1. The molecule has 0 bridgehead atoms. The number of rotatable bonds is 7. The van der Waals surface area contributed by atoms with Gasteiger partial charge in [-0.3, -0.25) is 10.2 Å². The molecule has 0 atom stereocenters. The summed E-state index contributed by atoms with van der Waals surface area (Å²) in [5.74, 6) is -0.0156. The van der Waals surface area contributed by atoms with Crippen molar-refractivity contribution >= 4 is 39.8 Å². The van der Waals surface area contributed by atoms with Crippen LogP contribution in [-0.4, -0.2) is 33.6 Å². The first-order valence-corrected chi connectivity index (χ1v) is 12.4. The number of benzene rings is 3. The lowest BCUT2D eigenvalue weighted by molar-refractivity contribution is -0.114. The van der Waals surface area contributed by atoms with Crippen molar-refractivity contribution in [2.24, 2.45) is 10.1 Å². The molecule has 3 aromatic carbocycles. The number of amidine groups is 2. The highest BCUT2D eigenvalue weighted by molar-refractivity contribution is 8.27. The van der Waals surface area contributed by atoms with Gasteiger partial charge in [-0.05, 0) is 55.4 Å². The van der Waals surface area contributed by atoms with Crippen LogP contribution in [0.25, 0.3) is 6.08 Å². The quantitative estimate of drug-likeness (QED) is 0.404. The first-order valence-electron chi connectivity index (χ1n) is 11.6. The molecule has 0 spiro atoms. The summed E-state index contributed by atoms with van der Waals surface area (Å²) >= 11 is 1.26. The van der Waals surface area contributed by atoms with Crippen LogP contribution in [0.3, 0.4) is 0 Å². The summed E-state index contributed by atoms with van der Waals surface area (Å²) in [5, 5.41) is 15.6. The molecule has 186 valence electrons. The summed E-state index contributed by atoms with van der Waals surface area (Å²) in [4.78, 5) is 17.0. The van der Waals surface area contributed by atoms with Crippen molar-refractivity contribution in [3.05, 3.63) is 100 Å². The molecule has 2 heterocycles. The van der Waals surface area contributed by atoms with Crippen LogP contribution in [0.2, 0.25) is 0 Å². The second-order valence-corrected chi connectivity index (χ2v) is 9.27. The van der Waals surface area contributed by atoms with Gasteiger partial charge in [-0.25, -0.2) is 4.39 Å². The summed E-state index contributed by atoms with van der Waals surface area (Å²) in [6.07, 6.45) is 1.58. The second-order valence-electron chi connectivity index (χ2n) is 8.31. The minimum Gasteiger partial charge on any atom is -0.490 e. The minimum absolute atomic E-state index is 0.0434.